The van der Waals surface area contributed by atoms with Crippen molar-refractivity contribution in [1.82, 2.24) is 10.3 Å². The molecule has 1 amide bonds. The molecular formula is C12H25N3O2. The number of carbonyl (C=O) groups is 1. The monoisotopic (exact) mass is 243 g/mol. The molecule has 5 nitrogen and oxygen atoms in total. The standard InChI is InChI=1S/C12H25N3O2/c1-4-9(5-2)15(3)8-10-6-7-11(17-10)12(16)14-13/h9-11H,4-8,13H2,1-3H3,(H,14,16). The third-order valence-electron chi connectivity index (χ3n) is 3.60. The van der Waals surface area contributed by atoms with E-state index in [1.54, 1.807) is 0 Å². The Labute approximate surface area is 104 Å². The van der Waals surface area contributed by atoms with Crippen LogP contribution in [0.15, 0.2) is 0 Å². The molecule has 0 aliphatic carbocycles. The zero-order chi connectivity index (χ0) is 12.8. The summed E-state index contributed by atoms with van der Waals surface area (Å²) < 4.78 is 5.69. The predicted octanol–water partition coefficient (Wildman–Crippen LogP) is 0.644. The van der Waals surface area contributed by atoms with Gasteiger partial charge < -0.3 is 9.64 Å². The molecule has 0 aromatic rings. The number of hydrazine groups is 1. The van der Waals surface area contributed by atoms with Crippen LogP contribution in [-0.2, 0) is 9.53 Å². The fraction of sp³-hybridized carbons (Fsp3) is 0.917. The first-order valence-corrected chi connectivity index (χ1v) is 6.48. The van der Waals surface area contributed by atoms with Crippen LogP contribution in [0.2, 0.25) is 0 Å². The molecule has 2 unspecified atom stereocenters. The number of amides is 1. The first-order valence-electron chi connectivity index (χ1n) is 6.48. The van der Waals surface area contributed by atoms with Crippen molar-refractivity contribution in [3.05, 3.63) is 0 Å². The number of carbonyl (C=O) groups excluding carboxylic acids is 1. The van der Waals surface area contributed by atoms with Gasteiger partial charge in [0.05, 0.1) is 6.10 Å². The van der Waals surface area contributed by atoms with Crippen molar-refractivity contribution in [1.29, 1.82) is 0 Å². The Hall–Kier alpha value is -0.650. The fourth-order valence-corrected chi connectivity index (χ4v) is 2.51. The third-order valence-corrected chi connectivity index (χ3v) is 3.60. The van der Waals surface area contributed by atoms with Crippen LogP contribution in [0.5, 0.6) is 0 Å². The topological polar surface area (TPSA) is 67.6 Å². The van der Waals surface area contributed by atoms with Crippen molar-refractivity contribution in [2.24, 2.45) is 5.84 Å². The van der Waals surface area contributed by atoms with Crippen LogP contribution in [0, 0.1) is 0 Å². The van der Waals surface area contributed by atoms with E-state index < -0.39 is 0 Å². The van der Waals surface area contributed by atoms with E-state index in [-0.39, 0.29) is 18.1 Å². The van der Waals surface area contributed by atoms with Crippen molar-refractivity contribution >= 4 is 5.91 Å². The van der Waals surface area contributed by atoms with Crippen LogP contribution in [0.1, 0.15) is 39.5 Å². The summed E-state index contributed by atoms with van der Waals surface area (Å²) in [6, 6.07) is 0.598. The molecule has 1 fully saturated rings. The van der Waals surface area contributed by atoms with E-state index >= 15 is 0 Å². The second kappa shape index (κ2) is 6.93. The summed E-state index contributed by atoms with van der Waals surface area (Å²) in [5, 5.41) is 0. The minimum Gasteiger partial charge on any atom is -0.364 e. The van der Waals surface area contributed by atoms with Gasteiger partial charge in [0, 0.05) is 12.6 Å². The lowest BCUT2D eigenvalue weighted by Gasteiger charge is -2.28. The van der Waals surface area contributed by atoms with E-state index in [1.165, 1.54) is 0 Å². The molecule has 17 heavy (non-hydrogen) atoms. The van der Waals surface area contributed by atoms with Gasteiger partial charge in [-0.05, 0) is 32.7 Å². The highest BCUT2D eigenvalue weighted by Gasteiger charge is 2.31. The van der Waals surface area contributed by atoms with Crippen molar-refractivity contribution in [2.75, 3.05) is 13.6 Å². The first kappa shape index (κ1) is 14.4. The lowest BCUT2D eigenvalue weighted by molar-refractivity contribution is -0.132. The number of ether oxygens (including phenoxy) is 1. The minimum absolute atomic E-state index is 0.155. The summed E-state index contributed by atoms with van der Waals surface area (Å²) in [6.45, 7) is 5.29. The summed E-state index contributed by atoms with van der Waals surface area (Å²) in [5.74, 6) is 4.89. The second-order valence-corrected chi connectivity index (χ2v) is 4.74. The summed E-state index contributed by atoms with van der Waals surface area (Å²) in [4.78, 5) is 13.6. The number of likely N-dealkylation sites (N-methyl/N-ethyl adjacent to an activating group) is 1. The molecule has 0 radical (unpaired) electrons. The number of hydrogen-bond acceptors (Lipinski definition) is 4. The van der Waals surface area contributed by atoms with Gasteiger partial charge in [-0.2, -0.15) is 0 Å². The SMILES string of the molecule is CCC(CC)N(C)CC1CCC(C(=O)NN)O1. The highest BCUT2D eigenvalue weighted by molar-refractivity contribution is 5.80. The molecule has 0 aromatic heterocycles. The maximum absolute atomic E-state index is 11.3. The molecule has 1 heterocycles. The summed E-state index contributed by atoms with van der Waals surface area (Å²) in [6.07, 6.45) is 3.79. The molecule has 0 aromatic carbocycles. The van der Waals surface area contributed by atoms with Crippen LogP contribution in [0.4, 0.5) is 0 Å². The van der Waals surface area contributed by atoms with Crippen LogP contribution >= 0.6 is 0 Å². The predicted molar refractivity (Wildman–Crippen MR) is 67.2 cm³/mol. The molecule has 5 heteroatoms. The van der Waals surface area contributed by atoms with Gasteiger partial charge in [-0.3, -0.25) is 10.2 Å². The van der Waals surface area contributed by atoms with E-state index in [0.717, 1.165) is 32.2 Å². The fourth-order valence-electron chi connectivity index (χ4n) is 2.51. The summed E-state index contributed by atoms with van der Waals surface area (Å²) in [5.41, 5.74) is 2.15. The lowest BCUT2D eigenvalue weighted by Crippen LogP contribution is -2.41. The highest BCUT2D eigenvalue weighted by Crippen LogP contribution is 2.21. The molecule has 1 aliphatic rings. The number of hydrogen-bond donors (Lipinski definition) is 2. The van der Waals surface area contributed by atoms with Crippen LogP contribution in [-0.4, -0.2) is 42.6 Å². The van der Waals surface area contributed by atoms with Gasteiger partial charge in [-0.15, -0.1) is 0 Å². The molecule has 1 saturated heterocycles. The molecular weight excluding hydrogens is 218 g/mol. The summed E-state index contributed by atoms with van der Waals surface area (Å²) >= 11 is 0. The zero-order valence-electron chi connectivity index (χ0n) is 11.1. The average molecular weight is 243 g/mol. The Morgan fingerprint density at radius 3 is 2.65 bits per heavy atom. The first-order chi connectivity index (χ1) is 8.12. The van der Waals surface area contributed by atoms with E-state index in [2.05, 4.69) is 31.2 Å². The second-order valence-electron chi connectivity index (χ2n) is 4.74. The number of rotatable bonds is 6. The maximum Gasteiger partial charge on any atom is 0.263 e. The minimum atomic E-state index is -0.361. The van der Waals surface area contributed by atoms with Gasteiger partial charge in [0.2, 0.25) is 0 Å². The van der Waals surface area contributed by atoms with E-state index in [0.29, 0.717) is 6.04 Å². The van der Waals surface area contributed by atoms with E-state index in [1.807, 2.05) is 0 Å². The van der Waals surface area contributed by atoms with Crippen molar-refractivity contribution in [3.63, 3.8) is 0 Å². The Balaban J connectivity index is 2.37. The molecule has 2 atom stereocenters. The van der Waals surface area contributed by atoms with E-state index in [9.17, 15) is 4.79 Å². The quantitative estimate of drug-likeness (QED) is 0.408. The molecule has 100 valence electrons. The smallest absolute Gasteiger partial charge is 0.263 e. The van der Waals surface area contributed by atoms with Gasteiger partial charge in [-0.1, -0.05) is 13.8 Å². The van der Waals surface area contributed by atoms with E-state index in [4.69, 9.17) is 10.6 Å². The Morgan fingerprint density at radius 2 is 2.12 bits per heavy atom. The van der Waals surface area contributed by atoms with Gasteiger partial charge in [0.25, 0.3) is 5.91 Å². The molecule has 0 bridgehead atoms. The van der Waals surface area contributed by atoms with Crippen molar-refractivity contribution in [2.45, 2.75) is 57.8 Å². The lowest BCUT2D eigenvalue weighted by atomic mass is 10.1. The van der Waals surface area contributed by atoms with Gasteiger partial charge in [0.1, 0.15) is 6.10 Å². The van der Waals surface area contributed by atoms with Crippen molar-refractivity contribution in [3.8, 4) is 0 Å². The molecule has 1 rings (SSSR count). The third kappa shape index (κ3) is 3.94. The van der Waals surface area contributed by atoms with Crippen LogP contribution < -0.4 is 11.3 Å². The molecule has 0 spiro atoms. The Bertz CT molecular complexity index is 244. The zero-order valence-corrected chi connectivity index (χ0v) is 11.1. The highest BCUT2D eigenvalue weighted by atomic mass is 16.5. The Kier molecular flexibility index (Phi) is 5.88. The van der Waals surface area contributed by atoms with Crippen LogP contribution in [0.3, 0.4) is 0 Å². The molecule has 3 N–H and O–H groups in total. The van der Waals surface area contributed by atoms with Crippen LogP contribution in [0.25, 0.3) is 0 Å². The number of nitrogens with zero attached hydrogens (tertiary/aromatic N) is 1. The van der Waals surface area contributed by atoms with Gasteiger partial charge in [0.15, 0.2) is 0 Å². The van der Waals surface area contributed by atoms with Gasteiger partial charge >= 0.3 is 0 Å². The summed E-state index contributed by atoms with van der Waals surface area (Å²) in [7, 11) is 2.12. The van der Waals surface area contributed by atoms with Gasteiger partial charge in [-0.25, -0.2) is 5.84 Å². The normalized spacial score (nSPS) is 24.6. The number of nitrogens with two attached hydrogens (primary N) is 1. The largest absolute Gasteiger partial charge is 0.364 e. The molecule has 1 aliphatic heterocycles. The average Bonchev–Trinajstić information content (AvgIpc) is 2.78. The van der Waals surface area contributed by atoms with Crippen molar-refractivity contribution < 1.29 is 9.53 Å². The maximum atomic E-state index is 11.3. The Morgan fingerprint density at radius 1 is 1.47 bits per heavy atom. The molecule has 0 saturated carbocycles. The number of nitrogens with one attached hydrogen (secondary N) is 1.